The summed E-state index contributed by atoms with van der Waals surface area (Å²) in [6.07, 6.45) is 2.36. The van der Waals surface area contributed by atoms with E-state index in [1.807, 2.05) is 19.2 Å². The van der Waals surface area contributed by atoms with E-state index in [0.29, 0.717) is 12.6 Å². The molecule has 4 nitrogen and oxygen atoms in total. The monoisotopic (exact) mass is 217 g/mol. The summed E-state index contributed by atoms with van der Waals surface area (Å²) in [6.45, 7) is 1.72. The molecule has 1 saturated heterocycles. The molecule has 1 atom stereocenters. The minimum absolute atomic E-state index is 0.0911. The summed E-state index contributed by atoms with van der Waals surface area (Å²) in [7, 11) is 1.82. The van der Waals surface area contributed by atoms with Gasteiger partial charge in [0, 0.05) is 13.1 Å². The molecule has 0 radical (unpaired) electrons. The Morgan fingerprint density at radius 3 is 3.12 bits per heavy atom. The second-order valence-electron chi connectivity index (χ2n) is 4.54. The van der Waals surface area contributed by atoms with Crippen molar-refractivity contribution in [2.75, 3.05) is 13.6 Å². The van der Waals surface area contributed by atoms with E-state index >= 15 is 0 Å². The van der Waals surface area contributed by atoms with Crippen molar-refractivity contribution in [1.29, 1.82) is 0 Å². The smallest absolute Gasteiger partial charge is 0.255 e. The highest BCUT2D eigenvalue weighted by Gasteiger charge is 2.27. The quantitative estimate of drug-likeness (QED) is 0.766. The SMILES string of the molecule is CN1Cc2nc(C3CCCN3)ccc2C1=O. The number of hydrogen-bond donors (Lipinski definition) is 1. The average molecular weight is 217 g/mol. The van der Waals surface area contributed by atoms with E-state index in [4.69, 9.17) is 0 Å². The molecule has 2 aliphatic rings. The van der Waals surface area contributed by atoms with Gasteiger partial charge < -0.3 is 10.2 Å². The highest BCUT2D eigenvalue weighted by molar-refractivity contribution is 5.97. The second kappa shape index (κ2) is 3.56. The summed E-state index contributed by atoms with van der Waals surface area (Å²) in [5.74, 6) is 0.0911. The first-order valence-electron chi connectivity index (χ1n) is 5.74. The third-order valence-electron chi connectivity index (χ3n) is 3.38. The van der Waals surface area contributed by atoms with Crippen molar-refractivity contribution in [1.82, 2.24) is 15.2 Å². The molecule has 3 rings (SSSR count). The van der Waals surface area contributed by atoms with E-state index in [-0.39, 0.29) is 5.91 Å². The molecule has 1 aromatic heterocycles. The van der Waals surface area contributed by atoms with Crippen LogP contribution in [-0.4, -0.2) is 29.4 Å². The molecular weight excluding hydrogens is 202 g/mol. The van der Waals surface area contributed by atoms with E-state index < -0.39 is 0 Å². The molecule has 1 fully saturated rings. The Bertz CT molecular complexity index is 438. The van der Waals surface area contributed by atoms with Gasteiger partial charge in [-0.2, -0.15) is 0 Å². The molecule has 1 amide bonds. The van der Waals surface area contributed by atoms with Crippen molar-refractivity contribution in [2.24, 2.45) is 0 Å². The number of pyridine rings is 1. The summed E-state index contributed by atoms with van der Waals surface area (Å²) in [6, 6.07) is 4.29. The van der Waals surface area contributed by atoms with Gasteiger partial charge in [-0.1, -0.05) is 0 Å². The van der Waals surface area contributed by atoms with Crippen LogP contribution in [0.15, 0.2) is 12.1 Å². The number of amides is 1. The van der Waals surface area contributed by atoms with Gasteiger partial charge in [0.25, 0.3) is 5.91 Å². The zero-order valence-electron chi connectivity index (χ0n) is 9.36. The van der Waals surface area contributed by atoms with Gasteiger partial charge in [-0.3, -0.25) is 9.78 Å². The highest BCUT2D eigenvalue weighted by atomic mass is 16.2. The molecule has 4 heteroatoms. The molecule has 16 heavy (non-hydrogen) atoms. The lowest BCUT2D eigenvalue weighted by molar-refractivity contribution is 0.0816. The minimum Gasteiger partial charge on any atom is -0.336 e. The van der Waals surface area contributed by atoms with Crippen molar-refractivity contribution in [2.45, 2.75) is 25.4 Å². The van der Waals surface area contributed by atoms with Crippen LogP contribution in [0.25, 0.3) is 0 Å². The third kappa shape index (κ3) is 1.41. The summed E-state index contributed by atoms with van der Waals surface area (Å²) >= 11 is 0. The second-order valence-corrected chi connectivity index (χ2v) is 4.54. The minimum atomic E-state index is 0.0911. The van der Waals surface area contributed by atoms with Gasteiger partial charge >= 0.3 is 0 Å². The Balaban J connectivity index is 1.95. The van der Waals surface area contributed by atoms with Gasteiger partial charge in [-0.15, -0.1) is 0 Å². The van der Waals surface area contributed by atoms with Crippen LogP contribution in [-0.2, 0) is 6.54 Å². The molecule has 2 aliphatic heterocycles. The van der Waals surface area contributed by atoms with Gasteiger partial charge in [0.15, 0.2) is 0 Å². The van der Waals surface area contributed by atoms with E-state index in [1.54, 1.807) is 4.90 Å². The predicted octanol–water partition coefficient (Wildman–Crippen LogP) is 1.09. The van der Waals surface area contributed by atoms with E-state index in [1.165, 1.54) is 6.42 Å². The first-order chi connectivity index (χ1) is 7.75. The Hall–Kier alpha value is -1.42. The van der Waals surface area contributed by atoms with Gasteiger partial charge in [-0.25, -0.2) is 0 Å². The standard InChI is InChI=1S/C12H15N3O/c1-15-7-11-8(12(15)16)4-5-10(14-11)9-3-2-6-13-9/h4-5,9,13H,2-3,6-7H2,1H3. The number of carbonyl (C=O) groups excluding carboxylic acids is 1. The molecule has 0 saturated carbocycles. The molecule has 84 valence electrons. The molecule has 0 bridgehead atoms. The summed E-state index contributed by atoms with van der Waals surface area (Å²) in [5, 5.41) is 3.43. The fraction of sp³-hybridized carbons (Fsp3) is 0.500. The van der Waals surface area contributed by atoms with Crippen molar-refractivity contribution < 1.29 is 4.79 Å². The first kappa shape index (κ1) is 9.78. The molecule has 0 aromatic carbocycles. The van der Waals surface area contributed by atoms with Gasteiger partial charge in [-0.05, 0) is 31.5 Å². The lowest BCUT2D eigenvalue weighted by Crippen LogP contribution is -2.17. The molecule has 0 aliphatic carbocycles. The number of rotatable bonds is 1. The predicted molar refractivity (Wildman–Crippen MR) is 60.0 cm³/mol. The fourth-order valence-electron chi connectivity index (χ4n) is 2.47. The zero-order valence-corrected chi connectivity index (χ0v) is 9.36. The summed E-state index contributed by atoms with van der Waals surface area (Å²) in [5.41, 5.74) is 2.78. The number of nitrogens with zero attached hydrogens (tertiary/aromatic N) is 2. The largest absolute Gasteiger partial charge is 0.336 e. The van der Waals surface area contributed by atoms with Crippen LogP contribution in [0.1, 0.15) is 40.6 Å². The molecule has 1 unspecified atom stereocenters. The molecule has 1 aromatic rings. The summed E-state index contributed by atoms with van der Waals surface area (Å²) < 4.78 is 0. The molecule has 0 spiro atoms. The van der Waals surface area contributed by atoms with Crippen LogP contribution in [0.4, 0.5) is 0 Å². The highest BCUT2D eigenvalue weighted by Crippen LogP contribution is 2.25. The number of carbonyl (C=O) groups is 1. The normalized spacial score (nSPS) is 23.9. The van der Waals surface area contributed by atoms with Crippen LogP contribution in [0.5, 0.6) is 0 Å². The summed E-state index contributed by atoms with van der Waals surface area (Å²) in [4.78, 5) is 18.0. The van der Waals surface area contributed by atoms with Crippen LogP contribution < -0.4 is 5.32 Å². The lowest BCUT2D eigenvalue weighted by atomic mass is 10.1. The van der Waals surface area contributed by atoms with Crippen molar-refractivity contribution >= 4 is 5.91 Å². The number of fused-ring (bicyclic) bond motifs is 1. The Morgan fingerprint density at radius 1 is 1.50 bits per heavy atom. The van der Waals surface area contributed by atoms with Crippen molar-refractivity contribution in [3.63, 3.8) is 0 Å². The van der Waals surface area contributed by atoms with Gasteiger partial charge in [0.05, 0.1) is 23.5 Å². The van der Waals surface area contributed by atoms with Crippen molar-refractivity contribution in [3.8, 4) is 0 Å². The first-order valence-corrected chi connectivity index (χ1v) is 5.74. The van der Waals surface area contributed by atoms with Gasteiger partial charge in [0.1, 0.15) is 0 Å². The third-order valence-corrected chi connectivity index (χ3v) is 3.38. The zero-order chi connectivity index (χ0) is 11.1. The maximum Gasteiger partial charge on any atom is 0.255 e. The fourth-order valence-corrected chi connectivity index (χ4v) is 2.47. The Morgan fingerprint density at radius 2 is 2.38 bits per heavy atom. The van der Waals surface area contributed by atoms with Crippen molar-refractivity contribution in [3.05, 3.63) is 29.1 Å². The lowest BCUT2D eigenvalue weighted by Gasteiger charge is -2.10. The number of nitrogens with one attached hydrogen (secondary N) is 1. The number of aromatic nitrogens is 1. The maximum atomic E-state index is 11.7. The number of hydrogen-bond acceptors (Lipinski definition) is 3. The van der Waals surface area contributed by atoms with Crippen LogP contribution in [0.3, 0.4) is 0 Å². The topological polar surface area (TPSA) is 45.2 Å². The van der Waals surface area contributed by atoms with Gasteiger partial charge in [0.2, 0.25) is 0 Å². The Kier molecular flexibility index (Phi) is 2.17. The average Bonchev–Trinajstić information content (AvgIpc) is 2.88. The van der Waals surface area contributed by atoms with Crippen LogP contribution in [0.2, 0.25) is 0 Å². The van der Waals surface area contributed by atoms with Crippen LogP contribution >= 0.6 is 0 Å². The van der Waals surface area contributed by atoms with E-state index in [2.05, 4.69) is 10.3 Å². The Labute approximate surface area is 94.7 Å². The van der Waals surface area contributed by atoms with E-state index in [9.17, 15) is 4.79 Å². The molecule has 1 N–H and O–H groups in total. The molecular formula is C12H15N3O. The molecule has 3 heterocycles. The van der Waals surface area contributed by atoms with E-state index in [0.717, 1.165) is 29.9 Å². The maximum absolute atomic E-state index is 11.7. The van der Waals surface area contributed by atoms with Crippen LogP contribution in [0, 0.1) is 0 Å².